The normalized spacial score (nSPS) is 12.7. The van der Waals surface area contributed by atoms with Gasteiger partial charge in [-0.1, -0.05) is 84.9 Å². The highest BCUT2D eigenvalue weighted by atomic mass is 32.1. The minimum Gasteiger partial charge on any atom is -0.453 e. The van der Waals surface area contributed by atoms with E-state index in [1.165, 1.54) is 0 Å². The molecule has 10 aromatic rings. The molecule has 8 heteroatoms. The Morgan fingerprint density at radius 2 is 0.862 bits per heavy atom. The fraction of sp³-hybridized carbons (Fsp3) is 0. The molecule has 0 atom stereocenters. The van der Waals surface area contributed by atoms with Gasteiger partial charge >= 0.3 is 0 Å². The molecule has 0 N–H and O–H groups in total. The Balaban J connectivity index is 1.11. The van der Waals surface area contributed by atoms with Gasteiger partial charge in [0.2, 0.25) is 5.89 Å². The van der Waals surface area contributed by atoms with Crippen molar-refractivity contribution in [1.29, 1.82) is 0 Å². The molecule has 274 valence electrons. The SMILES string of the molecule is c1ccc2c(c1)Oc1ccccc1N2c1ccc(-c2ccc(N3c4ccccc4Oc4ccccc43)cc2-c2nc3ccccc3s2)c(-c2nc3ccccc3o2)c1. The average molecular weight is 767 g/mol. The van der Waals surface area contributed by atoms with E-state index >= 15 is 0 Å². The van der Waals surface area contributed by atoms with E-state index in [2.05, 4.69) is 88.7 Å². The molecule has 2 aliphatic rings. The first-order valence-electron chi connectivity index (χ1n) is 19.1. The minimum atomic E-state index is 0.531. The van der Waals surface area contributed by atoms with Crippen LogP contribution in [0.4, 0.5) is 34.1 Å². The quantitative estimate of drug-likeness (QED) is 0.173. The molecule has 0 aliphatic carbocycles. The molecular weight excluding hydrogens is 737 g/mol. The summed E-state index contributed by atoms with van der Waals surface area (Å²) < 4.78 is 20.5. The number of oxazole rings is 1. The molecule has 2 aliphatic heterocycles. The van der Waals surface area contributed by atoms with Crippen LogP contribution in [0.5, 0.6) is 23.0 Å². The van der Waals surface area contributed by atoms with Crippen molar-refractivity contribution in [3.63, 3.8) is 0 Å². The number of ether oxygens (including phenoxy) is 2. The number of hydrogen-bond acceptors (Lipinski definition) is 8. The monoisotopic (exact) mass is 766 g/mol. The van der Waals surface area contributed by atoms with Crippen LogP contribution in [0.15, 0.2) is 186 Å². The summed E-state index contributed by atoms with van der Waals surface area (Å²) in [5.41, 5.74) is 12.1. The zero-order valence-corrected chi connectivity index (χ0v) is 31.6. The van der Waals surface area contributed by atoms with Crippen molar-refractivity contribution >= 4 is 66.8 Å². The van der Waals surface area contributed by atoms with E-state index in [4.69, 9.17) is 23.9 Å². The fourth-order valence-electron chi connectivity index (χ4n) is 8.11. The Morgan fingerprint density at radius 1 is 0.397 bits per heavy atom. The third-order valence-corrected chi connectivity index (χ3v) is 11.8. The van der Waals surface area contributed by atoms with E-state index in [0.29, 0.717) is 5.89 Å². The summed E-state index contributed by atoms with van der Waals surface area (Å²) in [6.07, 6.45) is 0. The van der Waals surface area contributed by atoms with Crippen LogP contribution in [0.1, 0.15) is 0 Å². The van der Waals surface area contributed by atoms with Crippen LogP contribution in [-0.2, 0) is 0 Å². The van der Waals surface area contributed by atoms with Gasteiger partial charge < -0.3 is 23.7 Å². The van der Waals surface area contributed by atoms with Gasteiger partial charge in [-0.05, 0) is 108 Å². The maximum absolute atomic E-state index is 6.60. The Kier molecular flexibility index (Phi) is 7.26. The Hall–Kier alpha value is -7.68. The lowest BCUT2D eigenvalue weighted by Gasteiger charge is -2.33. The average Bonchev–Trinajstić information content (AvgIpc) is 3.92. The van der Waals surface area contributed by atoms with Gasteiger partial charge in [-0.2, -0.15) is 0 Å². The fourth-order valence-corrected chi connectivity index (χ4v) is 9.10. The van der Waals surface area contributed by atoms with Crippen LogP contribution in [0.25, 0.3) is 54.5 Å². The largest absolute Gasteiger partial charge is 0.453 e. The second-order valence-electron chi connectivity index (χ2n) is 14.2. The molecule has 58 heavy (non-hydrogen) atoms. The molecule has 0 radical (unpaired) electrons. The van der Waals surface area contributed by atoms with E-state index < -0.39 is 0 Å². The maximum Gasteiger partial charge on any atom is 0.228 e. The maximum atomic E-state index is 6.60. The standard InChI is InChI=1S/C50H30N4O3S/c1-7-19-43-37(13-1)51-49(57-43)35-29-31(53-39-15-3-8-20-44(39)55-45-21-9-4-16-40(45)53)25-27-33(35)34-28-26-32(30-36(34)50-52-38-14-2-12-24-48(38)58-50)54-41-17-5-10-22-46(41)56-47-23-11-6-18-42(47)54/h1-30H. The van der Waals surface area contributed by atoms with Gasteiger partial charge in [0.25, 0.3) is 0 Å². The number of aromatic nitrogens is 2. The molecule has 2 aromatic heterocycles. The predicted molar refractivity (Wildman–Crippen MR) is 233 cm³/mol. The first-order valence-corrected chi connectivity index (χ1v) is 19.9. The molecule has 8 aromatic carbocycles. The molecule has 0 amide bonds. The molecular formula is C50H30N4O3S. The van der Waals surface area contributed by atoms with Crippen molar-refractivity contribution < 1.29 is 13.9 Å². The number of thiazole rings is 1. The number of anilines is 6. The van der Waals surface area contributed by atoms with Crippen LogP contribution in [-0.4, -0.2) is 9.97 Å². The van der Waals surface area contributed by atoms with E-state index in [0.717, 1.165) is 106 Å². The molecule has 0 saturated carbocycles. The molecule has 0 bridgehead atoms. The highest BCUT2D eigenvalue weighted by molar-refractivity contribution is 7.21. The summed E-state index contributed by atoms with van der Waals surface area (Å²) in [5.74, 6) is 3.70. The van der Waals surface area contributed by atoms with E-state index in [-0.39, 0.29) is 0 Å². The lowest BCUT2D eigenvalue weighted by Crippen LogP contribution is -2.16. The van der Waals surface area contributed by atoms with Crippen molar-refractivity contribution in [1.82, 2.24) is 9.97 Å². The molecule has 0 unspecified atom stereocenters. The van der Waals surface area contributed by atoms with Gasteiger partial charge in [0.05, 0.1) is 33.0 Å². The molecule has 0 spiro atoms. The number of hydrogen-bond donors (Lipinski definition) is 0. The van der Waals surface area contributed by atoms with Crippen LogP contribution in [0.2, 0.25) is 0 Å². The molecule has 7 nitrogen and oxygen atoms in total. The second-order valence-corrected chi connectivity index (χ2v) is 15.2. The number of fused-ring (bicyclic) bond motifs is 6. The minimum absolute atomic E-state index is 0.531. The smallest absolute Gasteiger partial charge is 0.228 e. The van der Waals surface area contributed by atoms with Gasteiger partial charge in [0, 0.05) is 22.5 Å². The predicted octanol–water partition coefficient (Wildman–Crippen LogP) is 14.6. The van der Waals surface area contributed by atoms with Crippen molar-refractivity contribution in [3.05, 3.63) is 182 Å². The van der Waals surface area contributed by atoms with Crippen molar-refractivity contribution in [3.8, 4) is 56.2 Å². The summed E-state index contributed by atoms with van der Waals surface area (Å²) in [6, 6.07) is 62.0. The van der Waals surface area contributed by atoms with Gasteiger partial charge in [-0.15, -0.1) is 11.3 Å². The van der Waals surface area contributed by atoms with Crippen LogP contribution >= 0.6 is 11.3 Å². The topological polar surface area (TPSA) is 63.9 Å². The van der Waals surface area contributed by atoms with E-state index in [1.54, 1.807) is 11.3 Å². The Morgan fingerprint density at radius 3 is 1.41 bits per heavy atom. The van der Waals surface area contributed by atoms with Crippen LogP contribution in [0, 0.1) is 0 Å². The highest BCUT2D eigenvalue weighted by Gasteiger charge is 2.29. The van der Waals surface area contributed by atoms with Gasteiger partial charge in [0.15, 0.2) is 28.6 Å². The third-order valence-electron chi connectivity index (χ3n) is 10.7. The summed E-state index contributed by atoms with van der Waals surface area (Å²) in [7, 11) is 0. The number of para-hydroxylation sites is 11. The Labute approximate surface area is 337 Å². The highest BCUT2D eigenvalue weighted by Crippen LogP contribution is 2.54. The van der Waals surface area contributed by atoms with E-state index in [9.17, 15) is 0 Å². The van der Waals surface area contributed by atoms with Crippen molar-refractivity contribution in [2.45, 2.75) is 0 Å². The van der Waals surface area contributed by atoms with Gasteiger partial charge in [-0.25, -0.2) is 9.97 Å². The molecule has 12 rings (SSSR count). The molecule has 0 saturated heterocycles. The van der Waals surface area contributed by atoms with Crippen LogP contribution in [0.3, 0.4) is 0 Å². The molecule has 0 fully saturated rings. The summed E-state index contributed by atoms with van der Waals surface area (Å²) in [6.45, 7) is 0. The lowest BCUT2D eigenvalue weighted by atomic mass is 9.93. The van der Waals surface area contributed by atoms with Gasteiger partial charge in [0.1, 0.15) is 10.5 Å². The zero-order valence-electron chi connectivity index (χ0n) is 30.7. The summed E-state index contributed by atoms with van der Waals surface area (Å²) in [4.78, 5) is 14.8. The summed E-state index contributed by atoms with van der Waals surface area (Å²) >= 11 is 1.69. The lowest BCUT2D eigenvalue weighted by molar-refractivity contribution is 0.477. The molecule has 4 heterocycles. The van der Waals surface area contributed by atoms with E-state index in [1.807, 2.05) is 103 Å². The zero-order chi connectivity index (χ0) is 38.2. The van der Waals surface area contributed by atoms with Gasteiger partial charge in [-0.3, -0.25) is 0 Å². The number of nitrogens with zero attached hydrogens (tertiary/aromatic N) is 4. The van der Waals surface area contributed by atoms with Crippen molar-refractivity contribution in [2.24, 2.45) is 0 Å². The first kappa shape index (κ1) is 32.6. The second kappa shape index (κ2) is 12.9. The van der Waals surface area contributed by atoms with Crippen LogP contribution < -0.4 is 19.3 Å². The first-order chi connectivity index (χ1) is 28.7. The number of rotatable bonds is 5. The van der Waals surface area contributed by atoms with Crippen molar-refractivity contribution in [2.75, 3.05) is 9.80 Å². The Bertz CT molecular complexity index is 2870. The number of benzene rings is 8. The third kappa shape index (κ3) is 5.19. The summed E-state index contributed by atoms with van der Waals surface area (Å²) in [5, 5.41) is 0.913.